The van der Waals surface area contributed by atoms with Crippen molar-refractivity contribution in [1.82, 2.24) is 4.57 Å². The number of ether oxygens (including phenoxy) is 3. The van der Waals surface area contributed by atoms with Crippen molar-refractivity contribution in [3.8, 4) is 28.6 Å². The SMILES string of the molecule is CCC(=O)C1=C(C)N=c2s/c(=C\c3ccc(-c4ccc([N+](=O)[O-])cc4Br)o3)c(=O)n2C1c1cc(OC)c(OC)c(OC)c1. The number of fused-ring (bicyclic) bond motifs is 1. The molecular formula is C30H26BrN3O8S. The van der Waals surface area contributed by atoms with Gasteiger partial charge in [-0.3, -0.25) is 24.3 Å². The van der Waals surface area contributed by atoms with Crippen LogP contribution in [0.1, 0.15) is 37.6 Å². The molecule has 0 saturated carbocycles. The molecule has 13 heteroatoms. The lowest BCUT2D eigenvalue weighted by Gasteiger charge is -2.26. The third-order valence-electron chi connectivity index (χ3n) is 6.98. The molecule has 1 aliphatic rings. The number of hydrogen-bond donors (Lipinski definition) is 0. The fourth-order valence-electron chi connectivity index (χ4n) is 4.96. The van der Waals surface area contributed by atoms with Crippen molar-refractivity contribution in [2.75, 3.05) is 21.3 Å². The number of carbonyl (C=O) groups excluding carboxylic acids is 1. The Morgan fingerprint density at radius 1 is 1.14 bits per heavy atom. The molecular weight excluding hydrogens is 642 g/mol. The Kier molecular flexibility index (Phi) is 8.38. The van der Waals surface area contributed by atoms with Crippen LogP contribution < -0.4 is 29.1 Å². The van der Waals surface area contributed by atoms with Crippen molar-refractivity contribution >= 4 is 44.8 Å². The Hall–Kier alpha value is -4.49. The standard InChI is InChI=1S/C30H26BrN3O8S/c1-6-21(35)26-15(2)32-30-33(27(26)16-11-23(39-3)28(41-5)24(12-16)40-4)29(36)25(43-30)14-18-8-10-22(42-18)19-9-7-17(34(37)38)13-20(19)31/h7-14,27H,6H2,1-5H3/b25-14-. The quantitative estimate of drug-likeness (QED) is 0.176. The van der Waals surface area contributed by atoms with E-state index in [0.29, 0.717) is 65.0 Å². The third kappa shape index (κ3) is 5.41. The Morgan fingerprint density at radius 3 is 2.42 bits per heavy atom. The minimum Gasteiger partial charge on any atom is -0.493 e. The number of ketones is 1. The number of halogens is 1. The van der Waals surface area contributed by atoms with Crippen LogP contribution >= 0.6 is 27.3 Å². The predicted octanol–water partition coefficient (Wildman–Crippen LogP) is 5.17. The van der Waals surface area contributed by atoms with Crippen LogP contribution in [-0.2, 0) is 4.79 Å². The zero-order valence-electron chi connectivity index (χ0n) is 23.8. The normalized spacial score (nSPS) is 14.7. The summed E-state index contributed by atoms with van der Waals surface area (Å²) in [7, 11) is 4.50. The average molecular weight is 669 g/mol. The summed E-state index contributed by atoms with van der Waals surface area (Å²) in [5.41, 5.74) is 1.72. The van der Waals surface area contributed by atoms with E-state index >= 15 is 0 Å². The largest absolute Gasteiger partial charge is 0.493 e. The minimum atomic E-state index is -0.789. The summed E-state index contributed by atoms with van der Waals surface area (Å²) in [4.78, 5) is 42.9. The van der Waals surface area contributed by atoms with Crippen molar-refractivity contribution in [1.29, 1.82) is 0 Å². The Bertz CT molecular complexity index is 1960. The van der Waals surface area contributed by atoms with Crippen molar-refractivity contribution in [3.63, 3.8) is 0 Å². The van der Waals surface area contributed by atoms with Gasteiger partial charge in [0.1, 0.15) is 11.5 Å². The molecule has 0 N–H and O–H groups in total. The molecule has 0 aliphatic carbocycles. The highest BCUT2D eigenvalue weighted by atomic mass is 79.9. The van der Waals surface area contributed by atoms with Crippen LogP contribution in [0.4, 0.5) is 5.69 Å². The van der Waals surface area contributed by atoms with Crippen molar-refractivity contribution < 1.29 is 28.3 Å². The zero-order chi connectivity index (χ0) is 31.0. The molecule has 11 nitrogen and oxygen atoms in total. The van der Waals surface area contributed by atoms with Gasteiger partial charge in [0.25, 0.3) is 11.2 Å². The van der Waals surface area contributed by atoms with Gasteiger partial charge in [-0.05, 0) is 58.7 Å². The van der Waals surface area contributed by atoms with Gasteiger partial charge in [0.15, 0.2) is 22.1 Å². The number of benzene rings is 2. The minimum absolute atomic E-state index is 0.0543. The first kappa shape index (κ1) is 30.0. The predicted molar refractivity (Wildman–Crippen MR) is 164 cm³/mol. The van der Waals surface area contributed by atoms with Gasteiger partial charge in [0.05, 0.1) is 36.8 Å². The fourth-order valence-corrected chi connectivity index (χ4v) is 6.55. The number of Topliss-reactive ketones (excluding diaryl/α,β-unsaturated/α-hetero) is 1. The number of non-ortho nitro benzene ring substituents is 1. The third-order valence-corrected chi connectivity index (χ3v) is 8.61. The molecule has 0 saturated heterocycles. The molecule has 3 heterocycles. The molecule has 1 atom stereocenters. The van der Waals surface area contributed by atoms with E-state index in [1.807, 2.05) is 0 Å². The average Bonchev–Trinajstić information content (AvgIpc) is 3.58. The van der Waals surface area contributed by atoms with Crippen LogP contribution in [0.3, 0.4) is 0 Å². The van der Waals surface area contributed by atoms with Gasteiger partial charge in [-0.1, -0.05) is 18.3 Å². The van der Waals surface area contributed by atoms with Gasteiger partial charge < -0.3 is 18.6 Å². The van der Waals surface area contributed by atoms with E-state index in [0.717, 1.165) is 0 Å². The number of carbonyl (C=O) groups is 1. The highest BCUT2D eigenvalue weighted by molar-refractivity contribution is 9.10. The van der Waals surface area contributed by atoms with Gasteiger partial charge in [0.2, 0.25) is 5.75 Å². The molecule has 0 bridgehead atoms. The van der Waals surface area contributed by atoms with Crippen LogP contribution in [0.5, 0.6) is 17.2 Å². The van der Waals surface area contributed by atoms with Gasteiger partial charge in [0, 0.05) is 45.9 Å². The smallest absolute Gasteiger partial charge is 0.271 e. The van der Waals surface area contributed by atoms with E-state index in [-0.39, 0.29) is 23.5 Å². The molecule has 43 heavy (non-hydrogen) atoms. The van der Waals surface area contributed by atoms with E-state index in [1.54, 1.807) is 50.3 Å². The number of nitrogens with zero attached hydrogens (tertiary/aromatic N) is 3. The summed E-state index contributed by atoms with van der Waals surface area (Å²) >= 11 is 4.54. The van der Waals surface area contributed by atoms with Crippen LogP contribution in [0.15, 0.2) is 72.4 Å². The van der Waals surface area contributed by atoms with Crippen LogP contribution in [0.25, 0.3) is 17.4 Å². The molecule has 5 rings (SSSR count). The Labute approximate surface area is 257 Å². The first-order valence-electron chi connectivity index (χ1n) is 13.0. The molecule has 2 aromatic carbocycles. The van der Waals surface area contributed by atoms with E-state index in [2.05, 4.69) is 20.9 Å². The van der Waals surface area contributed by atoms with E-state index in [9.17, 15) is 19.7 Å². The lowest BCUT2D eigenvalue weighted by Crippen LogP contribution is -2.39. The first-order valence-corrected chi connectivity index (χ1v) is 14.6. The van der Waals surface area contributed by atoms with E-state index < -0.39 is 11.0 Å². The molecule has 0 spiro atoms. The number of hydrogen-bond acceptors (Lipinski definition) is 10. The number of furan rings is 1. The Balaban J connectivity index is 1.66. The highest BCUT2D eigenvalue weighted by Crippen LogP contribution is 2.42. The molecule has 1 aliphatic heterocycles. The Morgan fingerprint density at radius 2 is 1.84 bits per heavy atom. The number of rotatable bonds is 9. The number of nitro groups is 1. The summed E-state index contributed by atoms with van der Waals surface area (Å²) in [6.45, 7) is 3.52. The summed E-state index contributed by atoms with van der Waals surface area (Å²) in [5, 5.41) is 11.1. The summed E-state index contributed by atoms with van der Waals surface area (Å²) < 4.78 is 24.9. The van der Waals surface area contributed by atoms with Gasteiger partial charge >= 0.3 is 0 Å². The lowest BCUT2D eigenvalue weighted by atomic mass is 9.91. The molecule has 4 aromatic rings. The van der Waals surface area contributed by atoms with Gasteiger partial charge in [-0.25, -0.2) is 4.99 Å². The number of allylic oxidation sites excluding steroid dienone is 2. The topological polar surface area (TPSA) is 135 Å². The molecule has 0 radical (unpaired) electrons. The van der Waals surface area contributed by atoms with Gasteiger partial charge in [-0.15, -0.1) is 0 Å². The fraction of sp³-hybridized carbons (Fsp3) is 0.233. The lowest BCUT2D eigenvalue weighted by molar-refractivity contribution is -0.384. The van der Waals surface area contributed by atoms with Crippen molar-refractivity contribution in [3.05, 3.63) is 99.3 Å². The number of methoxy groups -OCH3 is 3. The number of aromatic nitrogens is 1. The van der Waals surface area contributed by atoms with E-state index in [1.165, 1.54) is 49.4 Å². The maximum Gasteiger partial charge on any atom is 0.271 e. The molecule has 0 amide bonds. The van der Waals surface area contributed by atoms with Crippen LogP contribution in [-0.4, -0.2) is 36.6 Å². The van der Waals surface area contributed by atoms with Crippen molar-refractivity contribution in [2.24, 2.45) is 4.99 Å². The maximum absolute atomic E-state index is 14.0. The second-order valence-corrected chi connectivity index (χ2v) is 11.3. The monoisotopic (exact) mass is 667 g/mol. The molecule has 0 fully saturated rings. The summed E-state index contributed by atoms with van der Waals surface area (Å²) in [5.74, 6) is 1.88. The van der Waals surface area contributed by atoms with Crippen LogP contribution in [0.2, 0.25) is 0 Å². The first-order chi connectivity index (χ1) is 20.6. The molecule has 222 valence electrons. The van der Waals surface area contributed by atoms with Gasteiger partial charge in [-0.2, -0.15) is 0 Å². The van der Waals surface area contributed by atoms with Crippen molar-refractivity contribution in [2.45, 2.75) is 26.3 Å². The second kappa shape index (κ2) is 12.0. The zero-order valence-corrected chi connectivity index (χ0v) is 26.2. The van der Waals surface area contributed by atoms with E-state index in [4.69, 9.17) is 18.6 Å². The maximum atomic E-state index is 14.0. The number of thiazole rings is 1. The van der Waals surface area contributed by atoms with Crippen LogP contribution in [0, 0.1) is 10.1 Å². The number of nitro benzene ring substituents is 1. The molecule has 1 unspecified atom stereocenters. The summed E-state index contributed by atoms with van der Waals surface area (Å²) in [6, 6.07) is 10.5. The molecule has 2 aromatic heterocycles. The summed E-state index contributed by atoms with van der Waals surface area (Å²) in [6.07, 6.45) is 1.84. The highest BCUT2D eigenvalue weighted by Gasteiger charge is 2.33. The second-order valence-electron chi connectivity index (χ2n) is 9.44.